The molecule has 3 aromatic rings. The van der Waals surface area contributed by atoms with Gasteiger partial charge in [-0.1, -0.05) is 42.5 Å². The van der Waals surface area contributed by atoms with Gasteiger partial charge in [-0.05, 0) is 35.4 Å². The van der Waals surface area contributed by atoms with Crippen LogP contribution in [-0.2, 0) is 17.8 Å². The van der Waals surface area contributed by atoms with E-state index in [1.54, 1.807) is 19.2 Å². The molecule has 0 aliphatic rings. The van der Waals surface area contributed by atoms with Gasteiger partial charge in [-0.25, -0.2) is 0 Å². The smallest absolute Gasteiger partial charge is 0.287 e. The van der Waals surface area contributed by atoms with E-state index >= 15 is 0 Å². The highest BCUT2D eigenvalue weighted by Gasteiger charge is 2.22. The quantitative estimate of drug-likeness (QED) is 0.632. The first-order valence-electron chi connectivity index (χ1n) is 8.94. The van der Waals surface area contributed by atoms with Crippen LogP contribution in [0.25, 0.3) is 0 Å². The zero-order valence-electron chi connectivity index (χ0n) is 15.6. The summed E-state index contributed by atoms with van der Waals surface area (Å²) in [5, 5.41) is 5.64. The van der Waals surface area contributed by atoms with E-state index < -0.39 is 11.9 Å². The van der Waals surface area contributed by atoms with Crippen LogP contribution in [0.1, 0.15) is 21.7 Å². The van der Waals surface area contributed by atoms with Crippen LogP contribution in [0, 0.1) is 0 Å². The predicted molar refractivity (Wildman–Crippen MR) is 105 cm³/mol. The van der Waals surface area contributed by atoms with Crippen molar-refractivity contribution in [2.24, 2.45) is 0 Å². The first-order chi connectivity index (χ1) is 13.7. The molecule has 6 heteroatoms. The maximum absolute atomic E-state index is 12.8. The molecule has 2 N–H and O–H groups in total. The number of hydrogen-bond donors (Lipinski definition) is 2. The number of benzene rings is 2. The SMILES string of the molecule is COc1ccc(CNC(=O)[C@H](Cc2ccccc2)NC(=O)c2ccco2)cc1. The Labute approximate surface area is 163 Å². The Morgan fingerprint density at radius 3 is 2.36 bits per heavy atom. The third-order valence-corrected chi connectivity index (χ3v) is 4.28. The molecule has 0 radical (unpaired) electrons. The van der Waals surface area contributed by atoms with Crippen molar-refractivity contribution in [3.63, 3.8) is 0 Å². The molecule has 0 unspecified atom stereocenters. The van der Waals surface area contributed by atoms with Crippen LogP contribution in [0.15, 0.2) is 77.4 Å². The van der Waals surface area contributed by atoms with Gasteiger partial charge in [0.15, 0.2) is 5.76 Å². The lowest BCUT2D eigenvalue weighted by Gasteiger charge is -2.18. The van der Waals surface area contributed by atoms with Crippen LogP contribution in [0.2, 0.25) is 0 Å². The number of ether oxygens (including phenoxy) is 1. The summed E-state index contributed by atoms with van der Waals surface area (Å²) in [6.45, 7) is 0.352. The second-order valence-electron chi connectivity index (χ2n) is 6.26. The molecule has 0 aliphatic heterocycles. The summed E-state index contributed by atoms with van der Waals surface area (Å²) in [6.07, 6.45) is 1.80. The molecule has 3 rings (SSSR count). The van der Waals surface area contributed by atoms with Crippen molar-refractivity contribution in [3.05, 3.63) is 89.9 Å². The molecule has 0 fully saturated rings. The lowest BCUT2D eigenvalue weighted by atomic mass is 10.0. The molecule has 28 heavy (non-hydrogen) atoms. The van der Waals surface area contributed by atoms with Gasteiger partial charge in [-0.3, -0.25) is 9.59 Å². The Hall–Kier alpha value is -3.54. The van der Waals surface area contributed by atoms with Crippen LogP contribution in [0.4, 0.5) is 0 Å². The van der Waals surface area contributed by atoms with E-state index in [1.165, 1.54) is 6.26 Å². The van der Waals surface area contributed by atoms with Gasteiger partial charge in [0.25, 0.3) is 5.91 Å². The molecule has 6 nitrogen and oxygen atoms in total. The monoisotopic (exact) mass is 378 g/mol. The highest BCUT2D eigenvalue weighted by Crippen LogP contribution is 2.11. The molecule has 144 valence electrons. The van der Waals surface area contributed by atoms with Crippen molar-refractivity contribution in [2.45, 2.75) is 19.0 Å². The van der Waals surface area contributed by atoms with E-state index in [1.807, 2.05) is 54.6 Å². The van der Waals surface area contributed by atoms with E-state index in [0.717, 1.165) is 16.9 Å². The minimum atomic E-state index is -0.724. The molecule has 0 aliphatic carbocycles. The molecule has 0 spiro atoms. The minimum Gasteiger partial charge on any atom is -0.497 e. The van der Waals surface area contributed by atoms with E-state index in [2.05, 4.69) is 10.6 Å². The number of furan rings is 1. The van der Waals surface area contributed by atoms with Crippen LogP contribution < -0.4 is 15.4 Å². The van der Waals surface area contributed by atoms with Crippen molar-refractivity contribution in [1.82, 2.24) is 10.6 Å². The summed E-state index contributed by atoms with van der Waals surface area (Å²) < 4.78 is 10.3. The molecule has 2 amide bonds. The Balaban J connectivity index is 1.67. The zero-order valence-corrected chi connectivity index (χ0v) is 15.6. The largest absolute Gasteiger partial charge is 0.497 e. The molecular weight excluding hydrogens is 356 g/mol. The normalized spacial score (nSPS) is 11.5. The second kappa shape index (κ2) is 9.41. The van der Waals surface area contributed by atoms with Gasteiger partial charge in [-0.15, -0.1) is 0 Å². The maximum atomic E-state index is 12.8. The summed E-state index contributed by atoms with van der Waals surface area (Å²) in [4.78, 5) is 25.1. The number of rotatable bonds is 8. The Bertz CT molecular complexity index is 890. The van der Waals surface area contributed by atoms with Crippen LogP contribution in [0.5, 0.6) is 5.75 Å². The third-order valence-electron chi connectivity index (χ3n) is 4.28. The van der Waals surface area contributed by atoms with Crippen LogP contribution in [-0.4, -0.2) is 25.0 Å². The molecular formula is C22H22N2O4. The lowest BCUT2D eigenvalue weighted by molar-refractivity contribution is -0.123. The molecule has 1 heterocycles. The van der Waals surface area contributed by atoms with Gasteiger partial charge in [-0.2, -0.15) is 0 Å². The third kappa shape index (κ3) is 5.23. The van der Waals surface area contributed by atoms with Gasteiger partial charge >= 0.3 is 0 Å². The van der Waals surface area contributed by atoms with Gasteiger partial charge in [0.1, 0.15) is 11.8 Å². The maximum Gasteiger partial charge on any atom is 0.287 e. The average molecular weight is 378 g/mol. The van der Waals surface area contributed by atoms with Crippen molar-refractivity contribution in [2.75, 3.05) is 7.11 Å². The van der Waals surface area contributed by atoms with E-state index in [9.17, 15) is 9.59 Å². The summed E-state index contributed by atoms with van der Waals surface area (Å²) >= 11 is 0. The second-order valence-corrected chi connectivity index (χ2v) is 6.26. The number of amides is 2. The van der Waals surface area contributed by atoms with E-state index in [0.29, 0.717) is 13.0 Å². The highest BCUT2D eigenvalue weighted by molar-refractivity contribution is 5.95. The molecule has 0 bridgehead atoms. The van der Waals surface area contributed by atoms with Gasteiger partial charge in [0, 0.05) is 13.0 Å². The number of methoxy groups -OCH3 is 1. The first kappa shape index (κ1) is 19.2. The van der Waals surface area contributed by atoms with Gasteiger partial charge in [0.05, 0.1) is 13.4 Å². The van der Waals surface area contributed by atoms with Crippen molar-refractivity contribution in [3.8, 4) is 5.75 Å². The highest BCUT2D eigenvalue weighted by atomic mass is 16.5. The predicted octanol–water partition coefficient (Wildman–Crippen LogP) is 2.95. The van der Waals surface area contributed by atoms with Crippen molar-refractivity contribution < 1.29 is 18.7 Å². The van der Waals surface area contributed by atoms with Gasteiger partial charge in [0.2, 0.25) is 5.91 Å². The minimum absolute atomic E-state index is 0.168. The summed E-state index contributed by atoms with van der Waals surface area (Å²) in [5.74, 6) is 0.230. The Morgan fingerprint density at radius 2 is 1.71 bits per heavy atom. The number of carbonyl (C=O) groups is 2. The summed E-state index contributed by atoms with van der Waals surface area (Å²) in [7, 11) is 1.60. The summed E-state index contributed by atoms with van der Waals surface area (Å²) in [6, 6.07) is 19.4. The van der Waals surface area contributed by atoms with E-state index in [4.69, 9.17) is 9.15 Å². The molecule has 1 atom stereocenters. The van der Waals surface area contributed by atoms with Crippen LogP contribution >= 0.6 is 0 Å². The average Bonchev–Trinajstić information content (AvgIpc) is 3.28. The fourth-order valence-electron chi connectivity index (χ4n) is 2.75. The molecule has 1 aromatic heterocycles. The standard InChI is InChI=1S/C22H22N2O4/c1-27-18-11-9-17(10-12-18)15-23-21(25)19(14-16-6-3-2-4-7-16)24-22(26)20-8-5-13-28-20/h2-13,19H,14-15H2,1H3,(H,23,25)(H,24,26)/t19-/m0/s1. The van der Waals surface area contributed by atoms with Crippen molar-refractivity contribution >= 4 is 11.8 Å². The van der Waals surface area contributed by atoms with Gasteiger partial charge < -0.3 is 19.8 Å². The zero-order chi connectivity index (χ0) is 19.8. The topological polar surface area (TPSA) is 80.6 Å². The number of nitrogens with one attached hydrogen (secondary N) is 2. The molecule has 2 aromatic carbocycles. The fraction of sp³-hybridized carbons (Fsp3) is 0.182. The number of carbonyl (C=O) groups excluding carboxylic acids is 2. The van der Waals surface area contributed by atoms with Crippen LogP contribution in [0.3, 0.4) is 0 Å². The fourth-order valence-corrected chi connectivity index (χ4v) is 2.75. The Morgan fingerprint density at radius 1 is 0.964 bits per heavy atom. The number of hydrogen-bond acceptors (Lipinski definition) is 4. The van der Waals surface area contributed by atoms with Crippen molar-refractivity contribution in [1.29, 1.82) is 0 Å². The molecule has 0 saturated carbocycles. The Kier molecular flexibility index (Phi) is 6.46. The molecule has 0 saturated heterocycles. The first-order valence-corrected chi connectivity index (χ1v) is 8.94. The summed E-state index contributed by atoms with van der Waals surface area (Å²) in [5.41, 5.74) is 1.89. The lowest BCUT2D eigenvalue weighted by Crippen LogP contribution is -2.47. The van der Waals surface area contributed by atoms with E-state index in [-0.39, 0.29) is 11.7 Å².